The van der Waals surface area contributed by atoms with Gasteiger partial charge in [0.15, 0.2) is 5.75 Å². The lowest BCUT2D eigenvalue weighted by Crippen LogP contribution is -2.17. The van der Waals surface area contributed by atoms with Crippen molar-refractivity contribution in [1.82, 2.24) is 0 Å². The minimum absolute atomic E-state index is 0.163. The van der Waals surface area contributed by atoms with Crippen LogP contribution in [0.25, 0.3) is 0 Å². The van der Waals surface area contributed by atoms with Crippen molar-refractivity contribution in [3.8, 4) is 5.75 Å². The standard InChI is InChI=1S/C22H23NO7/c1-14-10-16(21(25)28-3)20(30-13-15-8-6-5-7-9-15)17(11-14)23-18(22(26)29-4)12-19(24)27-2/h5-12,23H,13H2,1-4H3/b18-12+. The van der Waals surface area contributed by atoms with Gasteiger partial charge in [-0.05, 0) is 30.2 Å². The number of ether oxygens (including phenoxy) is 4. The van der Waals surface area contributed by atoms with E-state index < -0.39 is 17.9 Å². The van der Waals surface area contributed by atoms with Crippen LogP contribution in [-0.2, 0) is 30.4 Å². The van der Waals surface area contributed by atoms with Crippen LogP contribution in [0.5, 0.6) is 5.75 Å². The first-order valence-electron chi connectivity index (χ1n) is 8.94. The highest BCUT2D eigenvalue weighted by Gasteiger charge is 2.21. The maximum absolute atomic E-state index is 12.3. The molecule has 0 fully saturated rings. The number of aryl methyl sites for hydroxylation is 1. The Morgan fingerprint density at radius 3 is 2.27 bits per heavy atom. The average molecular weight is 413 g/mol. The van der Waals surface area contributed by atoms with Gasteiger partial charge in [-0.1, -0.05) is 30.3 Å². The van der Waals surface area contributed by atoms with E-state index in [2.05, 4.69) is 10.1 Å². The van der Waals surface area contributed by atoms with Gasteiger partial charge in [-0.25, -0.2) is 14.4 Å². The zero-order valence-electron chi connectivity index (χ0n) is 17.2. The summed E-state index contributed by atoms with van der Waals surface area (Å²) in [5, 5.41) is 2.81. The minimum Gasteiger partial charge on any atom is -0.486 e. The Kier molecular flexibility index (Phi) is 7.99. The van der Waals surface area contributed by atoms with Crippen LogP contribution in [0.2, 0.25) is 0 Å². The summed E-state index contributed by atoms with van der Waals surface area (Å²) in [4.78, 5) is 36.1. The second-order valence-electron chi connectivity index (χ2n) is 6.15. The lowest BCUT2D eigenvalue weighted by molar-refractivity contribution is -0.138. The molecule has 0 unspecified atom stereocenters. The number of methoxy groups -OCH3 is 3. The summed E-state index contributed by atoms with van der Waals surface area (Å²) in [6, 6.07) is 12.6. The first kappa shape index (κ1) is 22.5. The molecule has 0 spiro atoms. The topological polar surface area (TPSA) is 100 Å². The predicted octanol–water partition coefficient (Wildman–Crippen LogP) is 3.00. The van der Waals surface area contributed by atoms with Gasteiger partial charge in [-0.15, -0.1) is 0 Å². The van der Waals surface area contributed by atoms with E-state index in [9.17, 15) is 14.4 Å². The normalized spacial score (nSPS) is 10.7. The second kappa shape index (κ2) is 10.7. The molecule has 158 valence electrons. The molecule has 1 N–H and O–H groups in total. The van der Waals surface area contributed by atoms with Crippen molar-refractivity contribution in [2.45, 2.75) is 13.5 Å². The van der Waals surface area contributed by atoms with E-state index in [1.165, 1.54) is 21.3 Å². The number of nitrogens with one attached hydrogen (secondary N) is 1. The highest BCUT2D eigenvalue weighted by Crippen LogP contribution is 2.33. The Hall–Kier alpha value is -3.81. The molecule has 8 heteroatoms. The third-order valence-electron chi connectivity index (χ3n) is 4.00. The summed E-state index contributed by atoms with van der Waals surface area (Å²) in [6.07, 6.45) is 0.951. The fourth-order valence-electron chi connectivity index (χ4n) is 2.59. The van der Waals surface area contributed by atoms with Gasteiger partial charge in [-0.3, -0.25) is 0 Å². The van der Waals surface area contributed by atoms with Gasteiger partial charge in [0.25, 0.3) is 0 Å². The molecule has 0 saturated carbocycles. The molecular weight excluding hydrogens is 390 g/mol. The number of esters is 3. The largest absolute Gasteiger partial charge is 0.486 e. The summed E-state index contributed by atoms with van der Waals surface area (Å²) in [6.45, 7) is 1.93. The molecule has 0 bridgehead atoms. The lowest BCUT2D eigenvalue weighted by Gasteiger charge is -2.18. The van der Waals surface area contributed by atoms with Crippen molar-refractivity contribution in [3.05, 3.63) is 70.9 Å². The van der Waals surface area contributed by atoms with Crippen molar-refractivity contribution in [2.24, 2.45) is 0 Å². The first-order chi connectivity index (χ1) is 14.4. The van der Waals surface area contributed by atoms with Gasteiger partial charge in [0.2, 0.25) is 0 Å². The maximum Gasteiger partial charge on any atom is 0.354 e. The number of carbonyl (C=O) groups is 3. The summed E-state index contributed by atoms with van der Waals surface area (Å²) in [5.41, 5.74) is 1.84. The number of carbonyl (C=O) groups excluding carboxylic acids is 3. The van der Waals surface area contributed by atoms with E-state index in [0.29, 0.717) is 5.56 Å². The second-order valence-corrected chi connectivity index (χ2v) is 6.15. The highest BCUT2D eigenvalue weighted by atomic mass is 16.5. The molecule has 0 saturated heterocycles. The van der Waals surface area contributed by atoms with Gasteiger partial charge in [0.05, 0.1) is 33.1 Å². The Morgan fingerprint density at radius 2 is 1.67 bits per heavy atom. The number of benzene rings is 2. The smallest absolute Gasteiger partial charge is 0.354 e. The SMILES string of the molecule is COC(=O)/C=C(/Nc1cc(C)cc(C(=O)OC)c1OCc1ccccc1)C(=O)OC. The van der Waals surface area contributed by atoms with Crippen LogP contribution >= 0.6 is 0 Å². The number of anilines is 1. The predicted molar refractivity (Wildman–Crippen MR) is 109 cm³/mol. The van der Waals surface area contributed by atoms with Crippen molar-refractivity contribution in [3.63, 3.8) is 0 Å². The monoisotopic (exact) mass is 413 g/mol. The summed E-state index contributed by atoms with van der Waals surface area (Å²) in [7, 11) is 3.62. The third-order valence-corrected chi connectivity index (χ3v) is 4.00. The van der Waals surface area contributed by atoms with Gasteiger partial charge in [0.1, 0.15) is 17.9 Å². The quantitative estimate of drug-likeness (QED) is 0.401. The van der Waals surface area contributed by atoms with Gasteiger partial charge >= 0.3 is 17.9 Å². The molecule has 0 atom stereocenters. The zero-order valence-corrected chi connectivity index (χ0v) is 17.2. The van der Waals surface area contributed by atoms with Crippen LogP contribution in [-0.4, -0.2) is 39.2 Å². The summed E-state index contributed by atoms with van der Waals surface area (Å²) < 4.78 is 20.1. The Labute approximate surface area is 174 Å². The van der Waals surface area contributed by atoms with Crippen LogP contribution < -0.4 is 10.1 Å². The molecule has 0 aliphatic carbocycles. The fraction of sp³-hybridized carbons (Fsp3) is 0.227. The van der Waals surface area contributed by atoms with E-state index in [1.54, 1.807) is 19.1 Å². The van der Waals surface area contributed by atoms with Crippen molar-refractivity contribution in [1.29, 1.82) is 0 Å². The third kappa shape index (κ3) is 5.84. The van der Waals surface area contributed by atoms with Crippen LogP contribution in [0.4, 0.5) is 5.69 Å². The molecule has 0 amide bonds. The average Bonchev–Trinajstić information content (AvgIpc) is 2.76. The molecule has 0 aromatic heterocycles. The lowest BCUT2D eigenvalue weighted by atomic mass is 10.1. The van der Waals surface area contributed by atoms with E-state index in [-0.39, 0.29) is 29.3 Å². The molecule has 2 aromatic rings. The first-order valence-corrected chi connectivity index (χ1v) is 8.94. The van der Waals surface area contributed by atoms with Crippen LogP contribution in [0.15, 0.2) is 54.2 Å². The molecule has 2 rings (SSSR count). The summed E-state index contributed by atoms with van der Waals surface area (Å²) >= 11 is 0. The minimum atomic E-state index is -0.796. The van der Waals surface area contributed by atoms with Crippen LogP contribution in [0.1, 0.15) is 21.5 Å². The summed E-state index contributed by atoms with van der Waals surface area (Å²) in [5.74, 6) is -2.00. The van der Waals surface area contributed by atoms with Crippen molar-refractivity contribution in [2.75, 3.05) is 26.6 Å². The van der Waals surface area contributed by atoms with E-state index in [0.717, 1.165) is 11.6 Å². The molecule has 2 aromatic carbocycles. The molecule has 0 radical (unpaired) electrons. The number of hydrogen-bond donors (Lipinski definition) is 1. The Bertz CT molecular complexity index is 951. The molecular formula is C22H23NO7. The Morgan fingerprint density at radius 1 is 0.967 bits per heavy atom. The molecule has 0 heterocycles. The number of hydrogen-bond acceptors (Lipinski definition) is 8. The zero-order chi connectivity index (χ0) is 22.1. The van der Waals surface area contributed by atoms with Gasteiger partial charge in [-0.2, -0.15) is 0 Å². The van der Waals surface area contributed by atoms with E-state index >= 15 is 0 Å². The fourth-order valence-corrected chi connectivity index (χ4v) is 2.59. The van der Waals surface area contributed by atoms with Gasteiger partial charge in [0, 0.05) is 0 Å². The van der Waals surface area contributed by atoms with E-state index in [4.69, 9.17) is 14.2 Å². The van der Waals surface area contributed by atoms with Crippen LogP contribution in [0, 0.1) is 6.92 Å². The van der Waals surface area contributed by atoms with Gasteiger partial charge < -0.3 is 24.3 Å². The molecule has 8 nitrogen and oxygen atoms in total. The number of rotatable bonds is 8. The van der Waals surface area contributed by atoms with Crippen LogP contribution in [0.3, 0.4) is 0 Å². The van der Waals surface area contributed by atoms with Crippen molar-refractivity contribution >= 4 is 23.6 Å². The highest BCUT2D eigenvalue weighted by molar-refractivity contribution is 6.00. The molecule has 0 aliphatic rings. The van der Waals surface area contributed by atoms with Crippen molar-refractivity contribution < 1.29 is 33.3 Å². The Balaban J connectivity index is 2.51. The molecule has 0 aliphatic heterocycles. The molecule has 30 heavy (non-hydrogen) atoms. The van der Waals surface area contributed by atoms with E-state index in [1.807, 2.05) is 30.3 Å². The maximum atomic E-state index is 12.3.